The Labute approximate surface area is 136 Å². The lowest BCUT2D eigenvalue weighted by Crippen LogP contribution is -2.45. The summed E-state index contributed by atoms with van der Waals surface area (Å²) in [6, 6.07) is -0.226. The van der Waals surface area contributed by atoms with Gasteiger partial charge in [-0.15, -0.1) is 10.2 Å². The zero-order chi connectivity index (χ0) is 16.6. The fourth-order valence-electron chi connectivity index (χ4n) is 3.35. The maximum absolute atomic E-state index is 12.5. The van der Waals surface area contributed by atoms with Gasteiger partial charge < -0.3 is 9.88 Å². The molecule has 1 aromatic rings. The summed E-state index contributed by atoms with van der Waals surface area (Å²) in [5.41, 5.74) is 0. The van der Waals surface area contributed by atoms with Crippen LogP contribution in [-0.2, 0) is 27.8 Å². The Balaban J connectivity index is 1.64. The summed E-state index contributed by atoms with van der Waals surface area (Å²) in [7, 11) is -3.25. The van der Waals surface area contributed by atoms with Crippen LogP contribution < -0.4 is 5.32 Å². The number of aryl methyl sites for hydroxylation is 1. The molecule has 1 aromatic heterocycles. The number of nitrogens with zero attached hydrogens (tertiary/aromatic N) is 4. The highest BCUT2D eigenvalue weighted by atomic mass is 32.2. The van der Waals surface area contributed by atoms with E-state index >= 15 is 0 Å². The SMILES string of the molecule is CC(NC(=O)C1CCCN(S(C)(=O)=O)C1)c1nnc2n1CCC2. The van der Waals surface area contributed by atoms with Crippen LogP contribution in [0.15, 0.2) is 0 Å². The van der Waals surface area contributed by atoms with Crippen molar-refractivity contribution < 1.29 is 13.2 Å². The van der Waals surface area contributed by atoms with Crippen molar-refractivity contribution >= 4 is 15.9 Å². The number of piperidine rings is 1. The smallest absolute Gasteiger partial charge is 0.225 e. The van der Waals surface area contributed by atoms with E-state index in [0.717, 1.165) is 31.0 Å². The van der Waals surface area contributed by atoms with Crippen LogP contribution in [0.25, 0.3) is 0 Å². The number of nitrogens with one attached hydrogen (secondary N) is 1. The van der Waals surface area contributed by atoms with Crippen molar-refractivity contribution in [3.05, 3.63) is 11.6 Å². The van der Waals surface area contributed by atoms with Crippen LogP contribution in [0.2, 0.25) is 0 Å². The Morgan fingerprint density at radius 3 is 2.83 bits per heavy atom. The molecule has 0 aromatic carbocycles. The van der Waals surface area contributed by atoms with Crippen molar-refractivity contribution in [1.82, 2.24) is 24.4 Å². The minimum absolute atomic E-state index is 0.110. The van der Waals surface area contributed by atoms with Crippen LogP contribution >= 0.6 is 0 Å². The average Bonchev–Trinajstić information content (AvgIpc) is 3.09. The lowest BCUT2D eigenvalue weighted by molar-refractivity contribution is -0.126. The van der Waals surface area contributed by atoms with E-state index < -0.39 is 10.0 Å². The van der Waals surface area contributed by atoms with Crippen LogP contribution in [0, 0.1) is 5.92 Å². The number of carbonyl (C=O) groups is 1. The van der Waals surface area contributed by atoms with Gasteiger partial charge in [-0.05, 0) is 26.2 Å². The van der Waals surface area contributed by atoms with Gasteiger partial charge in [0.1, 0.15) is 5.82 Å². The van der Waals surface area contributed by atoms with E-state index in [1.807, 2.05) is 6.92 Å². The summed E-state index contributed by atoms with van der Waals surface area (Å²) in [4.78, 5) is 12.5. The summed E-state index contributed by atoms with van der Waals surface area (Å²) in [5, 5.41) is 11.3. The molecule has 2 atom stereocenters. The van der Waals surface area contributed by atoms with E-state index in [1.165, 1.54) is 10.6 Å². The molecule has 1 saturated heterocycles. The molecule has 23 heavy (non-hydrogen) atoms. The zero-order valence-electron chi connectivity index (χ0n) is 13.5. The summed E-state index contributed by atoms with van der Waals surface area (Å²) in [6.45, 7) is 3.54. The maximum atomic E-state index is 12.5. The van der Waals surface area contributed by atoms with Crippen LogP contribution in [0.5, 0.6) is 0 Å². The van der Waals surface area contributed by atoms with Crippen molar-refractivity contribution in [2.75, 3.05) is 19.3 Å². The van der Waals surface area contributed by atoms with Gasteiger partial charge >= 0.3 is 0 Å². The second-order valence-corrected chi connectivity index (χ2v) is 8.40. The van der Waals surface area contributed by atoms with Crippen molar-refractivity contribution in [3.63, 3.8) is 0 Å². The molecule has 3 heterocycles. The first kappa shape index (κ1) is 16.4. The monoisotopic (exact) mass is 341 g/mol. The van der Waals surface area contributed by atoms with Crippen molar-refractivity contribution in [2.24, 2.45) is 5.92 Å². The normalized spacial score (nSPS) is 23.5. The Kier molecular flexibility index (Phi) is 4.41. The molecule has 2 aliphatic heterocycles. The molecule has 2 unspecified atom stereocenters. The third-order valence-electron chi connectivity index (χ3n) is 4.61. The lowest BCUT2D eigenvalue weighted by atomic mass is 9.98. The van der Waals surface area contributed by atoms with Gasteiger partial charge in [0.25, 0.3) is 0 Å². The molecular weight excluding hydrogens is 318 g/mol. The van der Waals surface area contributed by atoms with Gasteiger partial charge in [-0.3, -0.25) is 4.79 Å². The molecule has 0 bridgehead atoms. The molecule has 3 rings (SSSR count). The number of hydrogen-bond acceptors (Lipinski definition) is 5. The molecule has 9 heteroatoms. The second kappa shape index (κ2) is 6.20. The second-order valence-electron chi connectivity index (χ2n) is 6.42. The Morgan fingerprint density at radius 2 is 2.09 bits per heavy atom. The average molecular weight is 341 g/mol. The summed E-state index contributed by atoms with van der Waals surface area (Å²) in [6.07, 6.45) is 4.60. The fourth-order valence-corrected chi connectivity index (χ4v) is 4.26. The standard InChI is InChI=1S/C14H23N5O3S/c1-10(13-17-16-12-6-4-8-19(12)13)15-14(20)11-5-3-7-18(9-11)23(2,21)22/h10-11H,3-9H2,1-2H3,(H,15,20). The van der Waals surface area contributed by atoms with Gasteiger partial charge in [-0.2, -0.15) is 0 Å². The molecule has 0 radical (unpaired) electrons. The molecule has 128 valence electrons. The van der Waals surface area contributed by atoms with E-state index in [9.17, 15) is 13.2 Å². The predicted molar refractivity (Wildman–Crippen MR) is 84.0 cm³/mol. The number of aromatic nitrogens is 3. The van der Waals surface area contributed by atoms with Gasteiger partial charge in [0.05, 0.1) is 18.2 Å². The van der Waals surface area contributed by atoms with Gasteiger partial charge in [0.2, 0.25) is 15.9 Å². The van der Waals surface area contributed by atoms with Gasteiger partial charge in [-0.25, -0.2) is 12.7 Å². The first-order valence-electron chi connectivity index (χ1n) is 8.03. The highest BCUT2D eigenvalue weighted by Gasteiger charge is 2.31. The Bertz CT molecular complexity index is 699. The zero-order valence-corrected chi connectivity index (χ0v) is 14.3. The highest BCUT2D eigenvalue weighted by Crippen LogP contribution is 2.22. The third kappa shape index (κ3) is 3.40. The summed E-state index contributed by atoms with van der Waals surface area (Å²) >= 11 is 0. The number of hydrogen-bond donors (Lipinski definition) is 1. The van der Waals surface area contributed by atoms with Crippen molar-refractivity contribution in [2.45, 2.75) is 45.2 Å². The summed E-state index contributed by atoms with van der Waals surface area (Å²) in [5.74, 6) is 1.34. The number of rotatable bonds is 4. The van der Waals surface area contributed by atoms with Crippen LogP contribution in [0.4, 0.5) is 0 Å². The molecule has 1 fully saturated rings. The van der Waals surface area contributed by atoms with Crippen LogP contribution in [0.3, 0.4) is 0 Å². The number of carbonyl (C=O) groups excluding carboxylic acids is 1. The number of amides is 1. The number of sulfonamides is 1. The molecule has 1 N–H and O–H groups in total. The van der Waals surface area contributed by atoms with Crippen molar-refractivity contribution in [3.8, 4) is 0 Å². The largest absolute Gasteiger partial charge is 0.346 e. The van der Waals surface area contributed by atoms with Crippen LogP contribution in [-0.4, -0.2) is 52.7 Å². The van der Waals surface area contributed by atoms with Crippen molar-refractivity contribution in [1.29, 1.82) is 0 Å². The minimum Gasteiger partial charge on any atom is -0.346 e. The third-order valence-corrected chi connectivity index (χ3v) is 5.88. The topological polar surface area (TPSA) is 97.2 Å². The highest BCUT2D eigenvalue weighted by molar-refractivity contribution is 7.88. The minimum atomic E-state index is -3.25. The first-order valence-corrected chi connectivity index (χ1v) is 9.88. The molecule has 0 saturated carbocycles. The fraction of sp³-hybridized carbons (Fsp3) is 0.786. The van der Waals surface area contributed by atoms with E-state index in [0.29, 0.717) is 19.4 Å². The van der Waals surface area contributed by atoms with Gasteiger partial charge in [0, 0.05) is 26.1 Å². The molecule has 8 nitrogen and oxygen atoms in total. The molecule has 0 aliphatic carbocycles. The molecule has 0 spiro atoms. The number of fused-ring (bicyclic) bond motifs is 1. The molecule has 2 aliphatic rings. The lowest BCUT2D eigenvalue weighted by Gasteiger charge is -2.30. The van der Waals surface area contributed by atoms with Gasteiger partial charge in [-0.1, -0.05) is 0 Å². The molecule has 1 amide bonds. The maximum Gasteiger partial charge on any atom is 0.225 e. The van der Waals surface area contributed by atoms with E-state index in [2.05, 4.69) is 20.1 Å². The van der Waals surface area contributed by atoms with E-state index in [-0.39, 0.29) is 24.4 Å². The predicted octanol–water partition coefficient (Wildman–Crippen LogP) is 0.0731. The summed E-state index contributed by atoms with van der Waals surface area (Å²) < 4.78 is 26.8. The first-order chi connectivity index (χ1) is 10.9. The Hall–Kier alpha value is -1.48. The quantitative estimate of drug-likeness (QED) is 0.836. The van der Waals surface area contributed by atoms with E-state index in [4.69, 9.17) is 0 Å². The molecular formula is C14H23N5O3S. The van der Waals surface area contributed by atoms with E-state index in [1.54, 1.807) is 0 Å². The van der Waals surface area contributed by atoms with Gasteiger partial charge in [0.15, 0.2) is 5.82 Å². The Morgan fingerprint density at radius 1 is 1.30 bits per heavy atom. The van der Waals surface area contributed by atoms with Crippen LogP contribution in [0.1, 0.15) is 43.9 Å².